The van der Waals surface area contributed by atoms with Gasteiger partial charge in [-0.2, -0.15) is 0 Å². The lowest BCUT2D eigenvalue weighted by Crippen LogP contribution is -2.13. The van der Waals surface area contributed by atoms with Crippen LogP contribution in [0, 0.1) is 0 Å². The number of para-hydroxylation sites is 3. The van der Waals surface area contributed by atoms with E-state index in [9.17, 15) is 4.79 Å². The third-order valence-corrected chi connectivity index (χ3v) is 4.40. The minimum absolute atomic E-state index is 0.369. The second-order valence-electron chi connectivity index (χ2n) is 6.15. The molecule has 3 aromatic carbocycles. The molecule has 4 aromatic rings. The molecule has 0 bridgehead atoms. The number of nitrogens with one attached hydrogen (secondary N) is 1. The number of benzene rings is 3. The van der Waals surface area contributed by atoms with E-state index >= 15 is 0 Å². The van der Waals surface area contributed by atoms with E-state index in [1.165, 1.54) is 0 Å². The summed E-state index contributed by atoms with van der Waals surface area (Å²) in [6.07, 6.45) is 0. The minimum Gasteiger partial charge on any atom is -0.496 e. The topological polar surface area (TPSA) is 90.1 Å². The third kappa shape index (κ3) is 3.23. The quantitative estimate of drug-likeness (QED) is 0.551. The molecule has 0 aliphatic rings. The fourth-order valence-corrected chi connectivity index (χ4v) is 3.11. The Labute approximate surface area is 162 Å². The van der Waals surface area contributed by atoms with Crippen LogP contribution in [0.15, 0.2) is 72.8 Å². The Bertz CT molecular complexity index is 1170. The average Bonchev–Trinajstić information content (AvgIpc) is 2.73. The molecule has 28 heavy (non-hydrogen) atoms. The van der Waals surface area contributed by atoms with Gasteiger partial charge in [0, 0.05) is 10.9 Å². The van der Waals surface area contributed by atoms with Crippen LogP contribution in [0.5, 0.6) is 5.75 Å². The maximum absolute atomic E-state index is 11.7. The molecule has 0 saturated heterocycles. The largest absolute Gasteiger partial charge is 0.496 e. The van der Waals surface area contributed by atoms with E-state index in [0.717, 1.165) is 27.9 Å². The summed E-state index contributed by atoms with van der Waals surface area (Å²) in [6.45, 7) is 0. The first-order valence-corrected chi connectivity index (χ1v) is 8.73. The molecule has 138 valence electrons. The van der Waals surface area contributed by atoms with Crippen molar-refractivity contribution in [3.8, 4) is 17.0 Å². The van der Waals surface area contributed by atoms with Crippen molar-refractivity contribution in [2.24, 2.45) is 5.73 Å². The summed E-state index contributed by atoms with van der Waals surface area (Å²) in [6, 6.07) is 22.4. The van der Waals surface area contributed by atoms with Gasteiger partial charge in [0.1, 0.15) is 5.75 Å². The van der Waals surface area contributed by atoms with Gasteiger partial charge in [0.05, 0.1) is 29.6 Å². The lowest BCUT2D eigenvalue weighted by atomic mass is 10.1. The molecule has 0 unspecified atom stereocenters. The molecule has 0 aliphatic heterocycles. The fourth-order valence-electron chi connectivity index (χ4n) is 3.11. The van der Waals surface area contributed by atoms with E-state index in [-0.39, 0.29) is 0 Å². The van der Waals surface area contributed by atoms with Gasteiger partial charge in [-0.3, -0.25) is 4.79 Å². The number of hydrogen-bond donors (Lipinski definition) is 2. The van der Waals surface area contributed by atoms with E-state index in [1.54, 1.807) is 25.3 Å². The molecule has 3 N–H and O–H groups in total. The van der Waals surface area contributed by atoms with Gasteiger partial charge in [-0.1, -0.05) is 42.5 Å². The Kier molecular flexibility index (Phi) is 4.60. The van der Waals surface area contributed by atoms with E-state index in [0.29, 0.717) is 17.2 Å². The predicted octanol–water partition coefficient (Wildman–Crippen LogP) is 4.15. The van der Waals surface area contributed by atoms with Crippen LogP contribution in [0.1, 0.15) is 10.4 Å². The average molecular weight is 370 g/mol. The molecule has 0 fully saturated rings. The van der Waals surface area contributed by atoms with Gasteiger partial charge in [-0.05, 0) is 30.3 Å². The van der Waals surface area contributed by atoms with Crippen molar-refractivity contribution in [3.05, 3.63) is 78.4 Å². The molecule has 4 rings (SSSR count). The van der Waals surface area contributed by atoms with Crippen LogP contribution in [0.25, 0.3) is 22.2 Å². The Morgan fingerprint density at radius 3 is 2.46 bits per heavy atom. The molecule has 0 saturated carbocycles. The van der Waals surface area contributed by atoms with Crippen molar-refractivity contribution < 1.29 is 9.53 Å². The summed E-state index contributed by atoms with van der Waals surface area (Å²) in [5.74, 6) is 0.567. The number of anilines is 2. The third-order valence-electron chi connectivity index (χ3n) is 4.40. The van der Waals surface area contributed by atoms with Gasteiger partial charge in [0.2, 0.25) is 5.95 Å². The van der Waals surface area contributed by atoms with Crippen LogP contribution in [0.3, 0.4) is 0 Å². The lowest BCUT2D eigenvalue weighted by molar-refractivity contribution is 0.100. The van der Waals surface area contributed by atoms with Crippen molar-refractivity contribution in [1.29, 1.82) is 0 Å². The Hall–Kier alpha value is -3.93. The first-order valence-electron chi connectivity index (χ1n) is 8.73. The van der Waals surface area contributed by atoms with Gasteiger partial charge in [-0.15, -0.1) is 0 Å². The van der Waals surface area contributed by atoms with E-state index in [4.69, 9.17) is 15.5 Å². The zero-order valence-electron chi connectivity index (χ0n) is 15.2. The molecule has 1 aromatic heterocycles. The monoisotopic (exact) mass is 370 g/mol. The molecule has 1 heterocycles. The van der Waals surface area contributed by atoms with Crippen LogP contribution in [-0.4, -0.2) is 23.0 Å². The Balaban J connectivity index is 1.89. The second kappa shape index (κ2) is 7.36. The Morgan fingerprint density at radius 2 is 1.64 bits per heavy atom. The summed E-state index contributed by atoms with van der Waals surface area (Å²) >= 11 is 0. The van der Waals surface area contributed by atoms with E-state index in [1.807, 2.05) is 54.6 Å². The first kappa shape index (κ1) is 17.5. The van der Waals surface area contributed by atoms with E-state index in [2.05, 4.69) is 10.3 Å². The van der Waals surface area contributed by atoms with Crippen molar-refractivity contribution in [3.63, 3.8) is 0 Å². The van der Waals surface area contributed by atoms with Crippen LogP contribution in [0.4, 0.5) is 11.6 Å². The number of nitrogens with two attached hydrogens (primary N) is 1. The zero-order chi connectivity index (χ0) is 19.5. The SMILES string of the molecule is COc1ccccc1-c1nc(Nc2ccccc2C(N)=O)nc2ccccc12. The van der Waals surface area contributed by atoms with Crippen molar-refractivity contribution in [2.45, 2.75) is 0 Å². The number of aromatic nitrogens is 2. The second-order valence-corrected chi connectivity index (χ2v) is 6.15. The number of carbonyl (C=O) groups excluding carboxylic acids is 1. The number of nitrogens with zero attached hydrogens (tertiary/aromatic N) is 2. The normalized spacial score (nSPS) is 10.6. The summed E-state index contributed by atoms with van der Waals surface area (Å²) in [7, 11) is 1.63. The van der Waals surface area contributed by atoms with Gasteiger partial charge >= 0.3 is 0 Å². The number of methoxy groups -OCH3 is 1. The van der Waals surface area contributed by atoms with Crippen molar-refractivity contribution >= 4 is 28.4 Å². The highest BCUT2D eigenvalue weighted by Gasteiger charge is 2.15. The molecule has 1 amide bonds. The Morgan fingerprint density at radius 1 is 0.929 bits per heavy atom. The van der Waals surface area contributed by atoms with Gasteiger partial charge < -0.3 is 15.8 Å². The van der Waals surface area contributed by atoms with Gasteiger partial charge in [0.15, 0.2) is 0 Å². The molecule has 0 radical (unpaired) electrons. The molecule has 6 nitrogen and oxygen atoms in total. The maximum Gasteiger partial charge on any atom is 0.250 e. The summed E-state index contributed by atoms with van der Waals surface area (Å²) < 4.78 is 5.52. The van der Waals surface area contributed by atoms with Crippen LogP contribution in [-0.2, 0) is 0 Å². The highest BCUT2D eigenvalue weighted by molar-refractivity contribution is 5.99. The number of hydrogen-bond acceptors (Lipinski definition) is 5. The molecule has 0 spiro atoms. The molecule has 0 atom stereocenters. The summed E-state index contributed by atoms with van der Waals surface area (Å²) in [4.78, 5) is 21.0. The smallest absolute Gasteiger partial charge is 0.250 e. The van der Waals surface area contributed by atoms with Crippen LogP contribution in [0.2, 0.25) is 0 Å². The number of rotatable bonds is 5. The van der Waals surface area contributed by atoms with Crippen LogP contribution >= 0.6 is 0 Å². The summed E-state index contributed by atoms with van der Waals surface area (Å²) in [5, 5.41) is 4.03. The number of carbonyl (C=O) groups is 1. The first-order chi connectivity index (χ1) is 13.7. The lowest BCUT2D eigenvalue weighted by Gasteiger charge is -2.13. The predicted molar refractivity (Wildman–Crippen MR) is 110 cm³/mol. The van der Waals surface area contributed by atoms with Crippen molar-refractivity contribution in [1.82, 2.24) is 9.97 Å². The summed E-state index contributed by atoms with van der Waals surface area (Å²) in [5.41, 5.74) is 8.78. The van der Waals surface area contributed by atoms with Crippen molar-refractivity contribution in [2.75, 3.05) is 12.4 Å². The number of amides is 1. The number of primary amides is 1. The van der Waals surface area contributed by atoms with Gasteiger partial charge in [-0.25, -0.2) is 9.97 Å². The van der Waals surface area contributed by atoms with Crippen LogP contribution < -0.4 is 15.8 Å². The number of ether oxygens (including phenoxy) is 1. The molecular weight excluding hydrogens is 352 g/mol. The molecule has 6 heteroatoms. The maximum atomic E-state index is 11.7. The zero-order valence-corrected chi connectivity index (χ0v) is 15.2. The highest BCUT2D eigenvalue weighted by Crippen LogP contribution is 2.34. The number of fused-ring (bicyclic) bond motifs is 1. The molecular formula is C22H18N4O2. The standard InChI is InChI=1S/C22H18N4O2/c1-28-19-13-7-4-10-16(19)20-14-8-2-5-11-17(14)24-22(26-20)25-18-12-6-3-9-15(18)21(23)27/h2-13H,1H3,(H2,23,27)(H,24,25,26). The molecule has 0 aliphatic carbocycles. The van der Waals surface area contributed by atoms with E-state index < -0.39 is 5.91 Å². The minimum atomic E-state index is -0.520. The van der Waals surface area contributed by atoms with Gasteiger partial charge in [0.25, 0.3) is 5.91 Å². The highest BCUT2D eigenvalue weighted by atomic mass is 16.5. The fraction of sp³-hybridized carbons (Fsp3) is 0.0455.